The molecule has 12 fully saturated rings. The second-order valence-corrected chi connectivity index (χ2v) is 51.1. The Balaban J connectivity index is 0.714. The van der Waals surface area contributed by atoms with Gasteiger partial charge in [-0.05, 0) is 296 Å². The van der Waals surface area contributed by atoms with Gasteiger partial charge in [0.05, 0.1) is 54.9 Å². The van der Waals surface area contributed by atoms with E-state index in [-0.39, 0.29) is 190 Å². The van der Waals surface area contributed by atoms with Crippen molar-refractivity contribution in [1.82, 2.24) is 15.5 Å². The average Bonchev–Trinajstić information content (AvgIpc) is 1.45. The second kappa shape index (κ2) is 39.0. The molecule has 0 heterocycles. The van der Waals surface area contributed by atoms with E-state index in [1.807, 2.05) is 55.4 Å². The third kappa shape index (κ3) is 24.1. The molecule has 51 heteroatoms. The smallest absolute Gasteiger partial charge is 0.356 e. The summed E-state index contributed by atoms with van der Waals surface area (Å²) in [5.41, 5.74) is -5.62. The van der Waals surface area contributed by atoms with Gasteiger partial charge < -0.3 is 15.5 Å². The van der Waals surface area contributed by atoms with Crippen LogP contribution in [0.25, 0.3) is 0 Å². The van der Waals surface area contributed by atoms with Crippen LogP contribution in [0.5, 0.6) is 0 Å². The van der Waals surface area contributed by atoms with Crippen molar-refractivity contribution in [1.29, 1.82) is 0 Å². The van der Waals surface area contributed by atoms with Gasteiger partial charge in [-0.3, -0.25) is 55.4 Å². The maximum Gasteiger partial charge on any atom is 0.397 e. The van der Waals surface area contributed by atoms with Crippen molar-refractivity contribution in [3.63, 3.8) is 0 Å². The van der Waals surface area contributed by atoms with E-state index in [2.05, 4.69) is 10.6 Å². The van der Waals surface area contributed by atoms with Gasteiger partial charge >= 0.3 is 93.6 Å². The van der Waals surface area contributed by atoms with Gasteiger partial charge in [0.2, 0.25) is 17.7 Å². The molecule has 0 unspecified atom stereocenters. The monoisotopic (exact) mass is 2040 g/mol. The summed E-state index contributed by atoms with van der Waals surface area (Å²) < 4.78 is 364. The standard InChI is InChI=1S/C79H133N3O39S9/c1-44(53-16-19-56-71-59(41-65(77(53,56)7)119-128(104,105)106)74(4)28-25-50(113-122(86,87)88)35-47(74)38-62(71)116-125(95,96)97)13-22-68(83)80-31-10-11-33-82(70(85)24-15-46(3)55-18-21-58-73-61(43-67(79(55,58)9)121-130(110,111)112)76(6)30-27-52(115-124(92,93)94)37-49(76)40-64(73)118-127(101,102)103)34-12-32-81-69(84)23-14-45(2)54-17-20-57-72-60(42-66(78(54,57)8)120-129(107,108)109)75(5)29-26-51(114-123(89,90)91)36-48(75)39-63(72)117-126(98,99)100/h44-67,71-73H,10-43H2,1-9H3,(H,80,83)(H,81,84)(H,86,87,88)(H,89,90,91)(H,92,93,94)(H,95,96,97)(H,98,99,100)(H,101,102,103)(H,104,105,106)(H,107,108,109)(H,110,111,112)/t44-,45-,46-,47+,48+,49+,50-,51-,52-,53-,54-,55-,56+,57+,58+,59+,60+,61+,62-,63-,64-,65+,66+,67+,71+,72+,73+,74+,75+,76+,77-,78-,79-/m1/s1. The summed E-state index contributed by atoms with van der Waals surface area (Å²) >= 11 is 0. The van der Waals surface area contributed by atoms with E-state index in [4.69, 9.17) is 37.6 Å². The van der Waals surface area contributed by atoms with Gasteiger partial charge in [-0.2, -0.15) is 75.8 Å². The lowest BCUT2D eigenvalue weighted by molar-refractivity contribution is -0.196. The van der Waals surface area contributed by atoms with Crippen molar-refractivity contribution in [2.45, 2.75) is 310 Å². The van der Waals surface area contributed by atoms with E-state index in [0.29, 0.717) is 64.2 Å². The first-order chi connectivity index (χ1) is 59.6. The van der Waals surface area contributed by atoms with Crippen LogP contribution in [-0.2, 0) is 146 Å². The zero-order chi connectivity index (χ0) is 96.2. The zero-order valence-electron chi connectivity index (χ0n) is 74.5. The number of carbonyl (C=O) groups is 3. The van der Waals surface area contributed by atoms with Crippen molar-refractivity contribution >= 4 is 111 Å². The summed E-state index contributed by atoms with van der Waals surface area (Å²) in [6.45, 7) is 17.3. The highest BCUT2D eigenvalue weighted by atomic mass is 32.3. The molecule has 3 amide bonds. The van der Waals surface area contributed by atoms with Crippen LogP contribution in [0.4, 0.5) is 0 Å². The summed E-state index contributed by atoms with van der Waals surface area (Å²) in [6.07, 6.45) is -4.90. The first-order valence-corrected chi connectivity index (χ1v) is 57.7. The quantitative estimate of drug-likeness (QED) is 0.0202. The van der Waals surface area contributed by atoms with E-state index in [1.165, 1.54) is 0 Å². The van der Waals surface area contributed by atoms with E-state index < -0.39 is 270 Å². The summed E-state index contributed by atoms with van der Waals surface area (Å²) in [4.78, 5) is 44.6. The van der Waals surface area contributed by atoms with Gasteiger partial charge in [-0.15, -0.1) is 0 Å². The molecule has 12 aliphatic rings. The van der Waals surface area contributed by atoms with Crippen LogP contribution in [0.2, 0.25) is 0 Å². The average molecular weight is 2040 g/mol. The first-order valence-electron chi connectivity index (χ1n) is 45.4. The topological polar surface area (TPSA) is 651 Å². The fourth-order valence-electron chi connectivity index (χ4n) is 30.1. The van der Waals surface area contributed by atoms with Crippen molar-refractivity contribution in [3.8, 4) is 0 Å². The predicted molar refractivity (Wildman–Crippen MR) is 457 cm³/mol. The first kappa shape index (κ1) is 106. The Hall–Kier alpha value is -2.76. The Bertz CT molecular complexity index is 5220. The number of nitrogens with zero attached hydrogens (tertiary/aromatic N) is 1. The number of hydrogen-bond acceptors (Lipinski definition) is 30. The zero-order valence-corrected chi connectivity index (χ0v) is 81.9. The molecule has 752 valence electrons. The van der Waals surface area contributed by atoms with Crippen LogP contribution in [-0.4, -0.2) is 220 Å². The van der Waals surface area contributed by atoms with Crippen LogP contribution < -0.4 is 10.6 Å². The Kier molecular flexibility index (Phi) is 31.9. The van der Waals surface area contributed by atoms with E-state index >= 15 is 0 Å². The third-order valence-electron chi connectivity index (χ3n) is 35.5. The molecule has 12 aliphatic carbocycles. The molecule has 0 aromatic heterocycles. The summed E-state index contributed by atoms with van der Waals surface area (Å²) in [5.74, 6) is -10.2. The second-order valence-electron chi connectivity index (χ2n) is 41.7. The van der Waals surface area contributed by atoms with Crippen molar-refractivity contribution < 1.29 is 169 Å². The Morgan fingerprint density at radius 3 is 0.862 bits per heavy atom. The molecule has 42 nitrogen and oxygen atoms in total. The Labute approximate surface area is 765 Å². The number of unbranched alkanes of at least 4 members (excludes halogenated alkanes) is 1. The van der Waals surface area contributed by atoms with E-state index in [9.17, 15) is 131 Å². The minimum absolute atomic E-state index is 0.00671. The molecular formula is C79H133N3O39S9. The highest BCUT2D eigenvalue weighted by Gasteiger charge is 2.72. The summed E-state index contributed by atoms with van der Waals surface area (Å²) in [7, 11) is -45.5. The van der Waals surface area contributed by atoms with E-state index in [0.717, 1.165) is 0 Å². The Morgan fingerprint density at radius 2 is 0.585 bits per heavy atom. The lowest BCUT2D eigenvalue weighted by atomic mass is 9.43. The molecule has 130 heavy (non-hydrogen) atoms. The van der Waals surface area contributed by atoms with Crippen molar-refractivity contribution in [2.75, 3.05) is 26.2 Å². The molecule has 0 aromatic rings. The molecule has 0 saturated heterocycles. The molecule has 11 N–H and O–H groups in total. The maximum absolute atomic E-state index is 15.0. The fourth-order valence-corrected chi connectivity index (χ4v) is 35.0. The van der Waals surface area contributed by atoms with Crippen molar-refractivity contribution in [2.24, 2.45) is 139 Å². The fraction of sp³-hybridized carbons (Fsp3) is 0.962. The van der Waals surface area contributed by atoms with Crippen molar-refractivity contribution in [3.05, 3.63) is 0 Å². The molecule has 0 aromatic carbocycles. The normalized spacial score (nSPS) is 40.7. The minimum Gasteiger partial charge on any atom is -0.356 e. The van der Waals surface area contributed by atoms with Gasteiger partial charge in [-0.1, -0.05) is 62.3 Å². The van der Waals surface area contributed by atoms with Crippen LogP contribution in [0.15, 0.2) is 0 Å². The molecule has 0 radical (unpaired) electrons. The molecule has 0 bridgehead atoms. The van der Waals surface area contributed by atoms with E-state index in [1.54, 1.807) is 11.8 Å². The molecule has 33 atom stereocenters. The largest absolute Gasteiger partial charge is 0.397 e. The highest BCUT2D eigenvalue weighted by Crippen LogP contribution is 2.74. The molecule has 12 rings (SSSR count). The van der Waals surface area contributed by atoms with Gasteiger partial charge in [0.1, 0.15) is 0 Å². The number of rotatable bonds is 39. The predicted octanol–water partition coefficient (Wildman–Crippen LogP) is 8.79. The van der Waals surface area contributed by atoms with Crippen LogP contribution in [0, 0.1) is 139 Å². The lowest BCUT2D eigenvalue weighted by Gasteiger charge is -2.64. The molecule has 0 spiro atoms. The van der Waals surface area contributed by atoms with Crippen LogP contribution in [0.1, 0.15) is 255 Å². The Morgan fingerprint density at radius 1 is 0.323 bits per heavy atom. The van der Waals surface area contributed by atoms with Gasteiger partial charge in [0.25, 0.3) is 0 Å². The SMILES string of the molecule is C[C@H](CCC(=O)NCCCCN(CCCNC(=O)CC[C@@H](C)[C@H]1CC[C@H]2[C@@H]3[C@H](OS(=O)(=O)O)C[C@@H]4C[C@H](OS(=O)(=O)O)CC[C@]4(C)[C@H]3C[C@H](OS(=O)(=O)O)[C@]12C)C(=O)CC[C@@H](C)[C@H]1CC[C@H]2[C@@H]3[C@H](OS(=O)(=O)O)C[C@@H]4C[C@H](OS(=O)(=O)O)CC[C@]4(C)[C@H]3C[C@H](OS(=O)(=O)O)[C@]12C)[C@H]1CC[C@H]2[C@@H]3[C@H](OS(=O)(=O)O)C[C@@H]4C[C@H](OS(=O)(=O)O)CC[C@]4(C)[C@H]3C[C@H](OS(=O)(=O)O)[C@]12C. The molecule has 0 aliphatic heterocycles. The number of amides is 3. The number of nitrogens with one attached hydrogen (secondary N) is 2. The summed E-state index contributed by atoms with van der Waals surface area (Å²) in [5, 5.41) is 5.91. The highest BCUT2D eigenvalue weighted by molar-refractivity contribution is 7.82. The number of carbonyl (C=O) groups excluding carboxylic acids is 3. The molecular weight excluding hydrogens is 1900 g/mol. The van der Waals surface area contributed by atoms with Crippen LogP contribution >= 0.6 is 0 Å². The lowest BCUT2D eigenvalue weighted by Crippen LogP contribution is -2.63. The third-order valence-corrected chi connectivity index (χ3v) is 39.9. The maximum atomic E-state index is 15.0. The van der Waals surface area contributed by atoms with Crippen LogP contribution in [0.3, 0.4) is 0 Å². The van der Waals surface area contributed by atoms with Gasteiger partial charge in [0, 0.05) is 61.7 Å². The minimum atomic E-state index is -5.19. The molecule has 12 saturated carbocycles. The number of hydrogen-bond donors (Lipinski definition) is 11. The van der Waals surface area contributed by atoms with Gasteiger partial charge in [-0.25, -0.2) is 37.6 Å². The number of fused-ring (bicyclic) bond motifs is 15. The van der Waals surface area contributed by atoms with Gasteiger partial charge in [0.15, 0.2) is 0 Å². The summed E-state index contributed by atoms with van der Waals surface area (Å²) in [6, 6.07) is 0.